The van der Waals surface area contributed by atoms with E-state index in [1.165, 1.54) is 31.4 Å². The van der Waals surface area contributed by atoms with Crippen LogP contribution in [0.5, 0.6) is 11.5 Å². The van der Waals surface area contributed by atoms with Gasteiger partial charge in [0.15, 0.2) is 11.5 Å². The molecular formula is C23H29Cl2NO6S. The Balaban J connectivity index is 2.33. The molecule has 0 fully saturated rings. The monoisotopic (exact) mass is 517 g/mol. The molecule has 7 nitrogen and oxygen atoms in total. The van der Waals surface area contributed by atoms with Crippen molar-refractivity contribution in [2.45, 2.75) is 38.6 Å². The maximum atomic E-state index is 12.8. The predicted octanol–water partition coefficient (Wildman–Crippen LogP) is 5.18. The largest absolute Gasteiger partial charge is 0.493 e. The van der Waals surface area contributed by atoms with Gasteiger partial charge in [-0.1, -0.05) is 50.0 Å². The fraction of sp³-hybridized carbons (Fsp3) is 0.435. The summed E-state index contributed by atoms with van der Waals surface area (Å²) >= 11 is 11.8. The third-order valence-corrected chi connectivity index (χ3v) is 6.55. The first-order chi connectivity index (χ1) is 15.4. The van der Waals surface area contributed by atoms with E-state index < -0.39 is 10.1 Å². The average molecular weight is 518 g/mol. The van der Waals surface area contributed by atoms with Crippen LogP contribution < -0.4 is 8.92 Å². The average Bonchev–Trinajstić information content (AvgIpc) is 2.71. The zero-order chi connectivity index (χ0) is 24.8. The number of hydrogen-bond acceptors (Lipinski definition) is 6. The van der Waals surface area contributed by atoms with Gasteiger partial charge in [-0.05, 0) is 41.3 Å². The van der Waals surface area contributed by atoms with Crippen LogP contribution in [-0.4, -0.2) is 46.6 Å². The van der Waals surface area contributed by atoms with E-state index in [-0.39, 0.29) is 44.3 Å². The summed E-state index contributed by atoms with van der Waals surface area (Å²) < 4.78 is 41.4. The SMILES string of the molecule is COCCN(Cc1ccc(OC)c(OS(=O)(=O)c2ccc(Cl)c(Cl)c2)c1)C(=O)CC(C)(C)C. The maximum absolute atomic E-state index is 12.8. The normalized spacial score (nSPS) is 11.8. The van der Waals surface area contributed by atoms with Crippen molar-refractivity contribution in [3.63, 3.8) is 0 Å². The van der Waals surface area contributed by atoms with Crippen LogP contribution in [-0.2, 0) is 26.2 Å². The minimum atomic E-state index is -4.21. The Kier molecular flexibility index (Phi) is 9.43. The molecule has 0 saturated carbocycles. The first-order valence-corrected chi connectivity index (χ1v) is 12.4. The van der Waals surface area contributed by atoms with Gasteiger partial charge in [-0.15, -0.1) is 0 Å². The lowest BCUT2D eigenvalue weighted by Crippen LogP contribution is -2.35. The van der Waals surface area contributed by atoms with Gasteiger partial charge in [0.2, 0.25) is 5.91 Å². The minimum absolute atomic E-state index is 0.00367. The van der Waals surface area contributed by atoms with Gasteiger partial charge in [0.25, 0.3) is 0 Å². The quantitative estimate of drug-likeness (QED) is 0.403. The van der Waals surface area contributed by atoms with Crippen molar-refractivity contribution in [1.29, 1.82) is 0 Å². The van der Waals surface area contributed by atoms with Gasteiger partial charge in [0.1, 0.15) is 4.90 Å². The Morgan fingerprint density at radius 2 is 1.70 bits per heavy atom. The summed E-state index contributed by atoms with van der Waals surface area (Å²) in [6.45, 7) is 7.01. The molecule has 0 aliphatic carbocycles. The zero-order valence-corrected chi connectivity index (χ0v) is 21.7. The van der Waals surface area contributed by atoms with Crippen molar-refractivity contribution in [3.05, 3.63) is 52.0 Å². The van der Waals surface area contributed by atoms with Crippen molar-refractivity contribution in [3.8, 4) is 11.5 Å². The standard InChI is InChI=1S/C23H29Cl2NO6S/c1-23(2,3)14-22(27)26(10-11-30-4)15-16-6-9-20(31-5)21(12-16)32-33(28,29)17-7-8-18(24)19(25)13-17/h6-9,12-13H,10-11,14-15H2,1-5H3. The summed E-state index contributed by atoms with van der Waals surface area (Å²) in [7, 11) is -1.23. The maximum Gasteiger partial charge on any atom is 0.339 e. The Bertz CT molecular complexity index is 1080. The first kappa shape index (κ1) is 27.2. The van der Waals surface area contributed by atoms with Gasteiger partial charge in [-0.25, -0.2) is 0 Å². The van der Waals surface area contributed by atoms with Crippen LogP contribution in [0.2, 0.25) is 10.0 Å². The molecular weight excluding hydrogens is 489 g/mol. The van der Waals surface area contributed by atoms with Crippen LogP contribution in [0.15, 0.2) is 41.3 Å². The van der Waals surface area contributed by atoms with E-state index in [4.69, 9.17) is 36.9 Å². The molecule has 0 atom stereocenters. The van der Waals surface area contributed by atoms with Crippen molar-refractivity contribution < 1.29 is 26.9 Å². The zero-order valence-electron chi connectivity index (χ0n) is 19.4. The van der Waals surface area contributed by atoms with Crippen LogP contribution in [0.4, 0.5) is 0 Å². The van der Waals surface area contributed by atoms with E-state index >= 15 is 0 Å². The highest BCUT2D eigenvalue weighted by Crippen LogP contribution is 2.33. The Labute approximate surface area is 205 Å². The van der Waals surface area contributed by atoms with Gasteiger partial charge >= 0.3 is 10.1 Å². The van der Waals surface area contributed by atoms with E-state index in [9.17, 15) is 13.2 Å². The molecule has 33 heavy (non-hydrogen) atoms. The number of carbonyl (C=O) groups excluding carboxylic acids is 1. The van der Waals surface area contributed by atoms with Crippen LogP contribution in [0.1, 0.15) is 32.8 Å². The van der Waals surface area contributed by atoms with Crippen LogP contribution >= 0.6 is 23.2 Å². The highest BCUT2D eigenvalue weighted by Gasteiger charge is 2.23. The molecule has 0 heterocycles. The predicted molar refractivity (Wildman–Crippen MR) is 129 cm³/mol. The van der Waals surface area contributed by atoms with Crippen LogP contribution in [0.3, 0.4) is 0 Å². The lowest BCUT2D eigenvalue weighted by molar-refractivity contribution is -0.134. The van der Waals surface area contributed by atoms with Crippen molar-refractivity contribution >= 4 is 39.2 Å². The topological polar surface area (TPSA) is 82.1 Å². The Morgan fingerprint density at radius 3 is 2.27 bits per heavy atom. The second-order valence-corrected chi connectivity index (χ2v) is 11.0. The molecule has 0 radical (unpaired) electrons. The third kappa shape index (κ3) is 8.07. The molecule has 182 valence electrons. The summed E-state index contributed by atoms with van der Waals surface area (Å²) in [6, 6.07) is 8.78. The van der Waals surface area contributed by atoms with E-state index in [0.29, 0.717) is 25.1 Å². The number of amides is 1. The number of methoxy groups -OCH3 is 2. The number of ether oxygens (including phenoxy) is 2. The Hall–Kier alpha value is -2.00. The number of nitrogens with zero attached hydrogens (tertiary/aromatic N) is 1. The number of benzene rings is 2. The van der Waals surface area contributed by atoms with Gasteiger partial charge in [0, 0.05) is 26.6 Å². The van der Waals surface area contributed by atoms with Crippen LogP contribution in [0.25, 0.3) is 0 Å². The number of carbonyl (C=O) groups is 1. The van der Waals surface area contributed by atoms with Gasteiger partial charge in [0.05, 0.1) is 23.8 Å². The smallest absolute Gasteiger partial charge is 0.339 e. The molecule has 0 bridgehead atoms. The number of halogens is 2. The molecule has 0 spiro atoms. The second-order valence-electron chi connectivity index (χ2n) is 8.64. The number of hydrogen-bond donors (Lipinski definition) is 0. The second kappa shape index (κ2) is 11.4. The minimum Gasteiger partial charge on any atom is -0.493 e. The molecule has 0 unspecified atom stereocenters. The summed E-state index contributed by atoms with van der Waals surface area (Å²) in [6.07, 6.45) is 0.363. The lowest BCUT2D eigenvalue weighted by Gasteiger charge is -2.27. The van der Waals surface area contributed by atoms with E-state index in [0.717, 1.165) is 0 Å². The van der Waals surface area contributed by atoms with Gasteiger partial charge in [-0.3, -0.25) is 4.79 Å². The summed E-state index contributed by atoms with van der Waals surface area (Å²) in [5, 5.41) is 0.319. The van der Waals surface area contributed by atoms with Crippen molar-refractivity contribution in [2.24, 2.45) is 5.41 Å². The molecule has 0 saturated heterocycles. The molecule has 2 aromatic carbocycles. The highest BCUT2D eigenvalue weighted by atomic mass is 35.5. The molecule has 2 rings (SSSR count). The summed E-state index contributed by atoms with van der Waals surface area (Å²) in [5.74, 6) is 0.198. The van der Waals surface area contributed by atoms with Gasteiger partial charge < -0.3 is 18.6 Å². The third-order valence-electron chi connectivity index (χ3n) is 4.58. The Morgan fingerprint density at radius 1 is 1.00 bits per heavy atom. The molecule has 1 amide bonds. The molecule has 2 aromatic rings. The van der Waals surface area contributed by atoms with E-state index in [1.54, 1.807) is 24.1 Å². The fourth-order valence-corrected chi connectivity index (χ4v) is 4.29. The molecule has 10 heteroatoms. The lowest BCUT2D eigenvalue weighted by atomic mass is 9.91. The molecule has 0 aliphatic heterocycles. The highest BCUT2D eigenvalue weighted by molar-refractivity contribution is 7.87. The number of rotatable bonds is 10. The van der Waals surface area contributed by atoms with Crippen LogP contribution in [0, 0.1) is 5.41 Å². The summed E-state index contributed by atoms with van der Waals surface area (Å²) in [5.41, 5.74) is 0.498. The van der Waals surface area contributed by atoms with E-state index in [2.05, 4.69) is 0 Å². The van der Waals surface area contributed by atoms with Crippen molar-refractivity contribution in [1.82, 2.24) is 4.90 Å². The first-order valence-electron chi connectivity index (χ1n) is 10.2. The van der Waals surface area contributed by atoms with Crippen molar-refractivity contribution in [2.75, 3.05) is 27.4 Å². The molecule has 0 aliphatic rings. The molecule has 0 N–H and O–H groups in total. The van der Waals surface area contributed by atoms with Gasteiger partial charge in [-0.2, -0.15) is 8.42 Å². The van der Waals surface area contributed by atoms with E-state index in [1.807, 2.05) is 20.8 Å². The molecule has 0 aromatic heterocycles. The fourth-order valence-electron chi connectivity index (χ4n) is 2.96. The summed E-state index contributed by atoms with van der Waals surface area (Å²) in [4.78, 5) is 14.4.